The van der Waals surface area contributed by atoms with Gasteiger partial charge < -0.3 is 30.2 Å². The monoisotopic (exact) mass is 493 g/mol. The van der Waals surface area contributed by atoms with E-state index in [9.17, 15) is 19.5 Å². The SMILES string of the molecule is CN[C@@H](Cc1c(SC[C@H](NC(=O)OC(C)(C)C)C(=O)OC(C)(C)C)[nH]c2ccccc12)C(=O)O. The van der Waals surface area contributed by atoms with Crippen LogP contribution in [0.25, 0.3) is 10.9 Å². The second kappa shape index (κ2) is 11.1. The summed E-state index contributed by atoms with van der Waals surface area (Å²) in [6.45, 7) is 10.5. The first kappa shape index (κ1) is 27.5. The van der Waals surface area contributed by atoms with Gasteiger partial charge in [-0.3, -0.25) is 4.79 Å². The molecule has 0 bridgehead atoms. The van der Waals surface area contributed by atoms with Crippen LogP contribution < -0.4 is 10.6 Å². The molecule has 0 saturated carbocycles. The van der Waals surface area contributed by atoms with E-state index in [1.165, 1.54) is 11.8 Å². The summed E-state index contributed by atoms with van der Waals surface area (Å²) in [5, 5.41) is 16.6. The van der Waals surface area contributed by atoms with E-state index in [4.69, 9.17) is 9.47 Å². The number of alkyl carbamates (subject to hydrolysis) is 1. The number of carbonyl (C=O) groups is 3. The molecule has 1 aromatic carbocycles. The van der Waals surface area contributed by atoms with Crippen molar-refractivity contribution >= 4 is 40.7 Å². The van der Waals surface area contributed by atoms with Crippen molar-refractivity contribution in [1.82, 2.24) is 15.6 Å². The zero-order chi connectivity index (χ0) is 25.7. The minimum atomic E-state index is -0.974. The van der Waals surface area contributed by atoms with Gasteiger partial charge in [-0.25, -0.2) is 9.59 Å². The molecular weight excluding hydrogens is 458 g/mol. The van der Waals surface area contributed by atoms with Crippen LogP contribution in [0.15, 0.2) is 29.3 Å². The number of thioether (sulfide) groups is 1. The Kier molecular flexibility index (Phi) is 9.02. The Labute approximate surface area is 204 Å². The van der Waals surface area contributed by atoms with Gasteiger partial charge in [0.15, 0.2) is 0 Å². The number of hydrogen-bond acceptors (Lipinski definition) is 7. The van der Waals surface area contributed by atoms with Crippen molar-refractivity contribution in [2.45, 2.75) is 76.3 Å². The number of carboxylic acids is 1. The van der Waals surface area contributed by atoms with Gasteiger partial charge in [0, 0.05) is 23.1 Å². The molecule has 188 valence electrons. The highest BCUT2D eigenvalue weighted by atomic mass is 32.2. The predicted molar refractivity (Wildman–Crippen MR) is 132 cm³/mol. The number of aromatic amines is 1. The lowest BCUT2D eigenvalue weighted by molar-refractivity contribution is -0.156. The van der Waals surface area contributed by atoms with Gasteiger partial charge in [0.1, 0.15) is 23.3 Å². The highest BCUT2D eigenvalue weighted by Crippen LogP contribution is 2.31. The fraction of sp³-hybridized carbons (Fsp3) is 0.542. The molecule has 1 heterocycles. The van der Waals surface area contributed by atoms with Crippen LogP contribution in [0.4, 0.5) is 4.79 Å². The smallest absolute Gasteiger partial charge is 0.408 e. The third kappa shape index (κ3) is 8.25. The van der Waals surface area contributed by atoms with E-state index in [-0.39, 0.29) is 12.2 Å². The van der Waals surface area contributed by atoms with Crippen molar-refractivity contribution < 1.29 is 29.0 Å². The predicted octanol–water partition coefficient (Wildman–Crippen LogP) is 3.71. The quantitative estimate of drug-likeness (QED) is 0.307. The molecule has 0 spiro atoms. The first-order chi connectivity index (χ1) is 15.7. The number of fused-ring (bicyclic) bond motifs is 1. The first-order valence-electron chi connectivity index (χ1n) is 11.0. The van der Waals surface area contributed by atoms with Crippen LogP contribution in [-0.4, -0.2) is 64.2 Å². The van der Waals surface area contributed by atoms with Crippen molar-refractivity contribution in [2.75, 3.05) is 12.8 Å². The summed E-state index contributed by atoms with van der Waals surface area (Å²) in [6, 6.07) is 5.85. The van der Waals surface area contributed by atoms with E-state index in [2.05, 4.69) is 15.6 Å². The second-order valence-electron chi connectivity index (χ2n) is 9.91. The van der Waals surface area contributed by atoms with Gasteiger partial charge in [-0.15, -0.1) is 11.8 Å². The molecule has 0 aliphatic carbocycles. The molecule has 9 nitrogen and oxygen atoms in total. The summed E-state index contributed by atoms with van der Waals surface area (Å²) in [4.78, 5) is 40.2. The molecule has 0 saturated heterocycles. The summed E-state index contributed by atoms with van der Waals surface area (Å²) < 4.78 is 10.8. The Morgan fingerprint density at radius 2 is 1.65 bits per heavy atom. The van der Waals surface area contributed by atoms with Crippen LogP contribution in [0, 0.1) is 0 Å². The Bertz CT molecular complexity index is 1020. The number of rotatable bonds is 9. The maximum absolute atomic E-state index is 12.8. The minimum absolute atomic E-state index is 0.158. The average molecular weight is 494 g/mol. The van der Waals surface area contributed by atoms with E-state index in [0.29, 0.717) is 0 Å². The first-order valence-corrected chi connectivity index (χ1v) is 12.0. The lowest BCUT2D eigenvalue weighted by Gasteiger charge is -2.26. The number of H-pyrrole nitrogens is 1. The summed E-state index contributed by atoms with van der Waals surface area (Å²) in [5.74, 6) is -1.38. The number of ether oxygens (including phenoxy) is 2. The van der Waals surface area contributed by atoms with Gasteiger partial charge in [-0.1, -0.05) is 18.2 Å². The van der Waals surface area contributed by atoms with E-state index in [1.807, 2.05) is 24.3 Å². The maximum Gasteiger partial charge on any atom is 0.408 e. The highest BCUT2D eigenvalue weighted by Gasteiger charge is 2.30. The third-order valence-corrected chi connectivity index (χ3v) is 5.74. The van der Waals surface area contributed by atoms with Gasteiger partial charge in [-0.2, -0.15) is 0 Å². The van der Waals surface area contributed by atoms with Crippen LogP contribution in [0.5, 0.6) is 0 Å². The number of carbonyl (C=O) groups excluding carboxylic acids is 2. The standard InChI is InChI=1S/C24H35N3O6S/c1-23(2,3)32-21(30)18(27-22(31)33-24(4,5)6)13-34-19-15(12-17(25-7)20(28)29)14-10-8-9-11-16(14)26-19/h8-11,17-18,25-26H,12-13H2,1-7H3,(H,27,31)(H,28,29)/t17-,18-/m0/s1. The lowest BCUT2D eigenvalue weighted by Crippen LogP contribution is -2.47. The number of amides is 1. The molecule has 0 unspecified atom stereocenters. The van der Waals surface area contributed by atoms with Crippen LogP contribution in [-0.2, 0) is 25.5 Å². The zero-order valence-electron chi connectivity index (χ0n) is 20.8. The van der Waals surface area contributed by atoms with E-state index >= 15 is 0 Å². The molecule has 4 N–H and O–H groups in total. The van der Waals surface area contributed by atoms with Crippen molar-refractivity contribution in [3.8, 4) is 0 Å². The van der Waals surface area contributed by atoms with Crippen molar-refractivity contribution in [3.63, 3.8) is 0 Å². The Hall–Kier alpha value is -2.72. The topological polar surface area (TPSA) is 130 Å². The fourth-order valence-corrected chi connectivity index (χ4v) is 4.28. The molecule has 34 heavy (non-hydrogen) atoms. The summed E-state index contributed by atoms with van der Waals surface area (Å²) in [5.41, 5.74) is 0.222. The van der Waals surface area contributed by atoms with Crippen molar-refractivity contribution in [3.05, 3.63) is 29.8 Å². The van der Waals surface area contributed by atoms with Gasteiger partial charge >= 0.3 is 18.0 Å². The fourth-order valence-electron chi connectivity index (χ4n) is 3.18. The minimum Gasteiger partial charge on any atom is -0.480 e. The summed E-state index contributed by atoms with van der Waals surface area (Å²) in [7, 11) is 1.60. The van der Waals surface area contributed by atoms with Crippen LogP contribution in [0.1, 0.15) is 47.1 Å². The number of carboxylic acid groups (broad SMARTS) is 1. The average Bonchev–Trinajstić information content (AvgIpc) is 3.03. The van der Waals surface area contributed by atoms with Crippen molar-refractivity contribution in [1.29, 1.82) is 0 Å². The molecule has 2 aromatic rings. The maximum atomic E-state index is 12.8. The number of hydrogen-bond donors (Lipinski definition) is 4. The highest BCUT2D eigenvalue weighted by molar-refractivity contribution is 7.99. The summed E-state index contributed by atoms with van der Waals surface area (Å²) in [6.07, 6.45) is -0.476. The van der Waals surface area contributed by atoms with Gasteiger partial charge in [-0.05, 0) is 60.2 Å². The molecular formula is C24H35N3O6S. The Balaban J connectivity index is 2.31. The number of likely N-dealkylation sites (N-methyl/N-ethyl adjacent to an activating group) is 1. The molecule has 0 radical (unpaired) electrons. The number of benzene rings is 1. The van der Waals surface area contributed by atoms with E-state index in [0.717, 1.165) is 21.5 Å². The van der Waals surface area contributed by atoms with E-state index < -0.39 is 41.3 Å². The van der Waals surface area contributed by atoms with Gasteiger partial charge in [0.05, 0.1) is 5.03 Å². The van der Waals surface area contributed by atoms with Crippen LogP contribution in [0.2, 0.25) is 0 Å². The molecule has 1 amide bonds. The zero-order valence-corrected chi connectivity index (χ0v) is 21.6. The molecule has 0 aliphatic rings. The number of aromatic nitrogens is 1. The normalized spacial score (nSPS) is 13.9. The van der Waals surface area contributed by atoms with Crippen molar-refractivity contribution in [2.24, 2.45) is 0 Å². The molecule has 10 heteroatoms. The second-order valence-corrected chi connectivity index (χ2v) is 10.9. The van der Waals surface area contributed by atoms with Gasteiger partial charge in [0.25, 0.3) is 0 Å². The Morgan fingerprint density at radius 1 is 1.03 bits per heavy atom. The third-order valence-electron chi connectivity index (χ3n) is 4.61. The largest absolute Gasteiger partial charge is 0.480 e. The summed E-state index contributed by atoms with van der Waals surface area (Å²) >= 11 is 1.31. The molecule has 0 fully saturated rings. The molecule has 2 atom stereocenters. The van der Waals surface area contributed by atoms with E-state index in [1.54, 1.807) is 48.6 Å². The molecule has 1 aromatic heterocycles. The Morgan fingerprint density at radius 3 is 2.21 bits per heavy atom. The number of para-hydroxylation sites is 1. The molecule has 0 aliphatic heterocycles. The lowest BCUT2D eigenvalue weighted by atomic mass is 10.1. The number of aliphatic carboxylic acids is 1. The van der Waals surface area contributed by atoms with Crippen LogP contribution in [0.3, 0.4) is 0 Å². The number of esters is 1. The number of nitrogens with one attached hydrogen (secondary N) is 3. The van der Waals surface area contributed by atoms with Gasteiger partial charge in [0.2, 0.25) is 0 Å². The molecule has 2 rings (SSSR count). The van der Waals surface area contributed by atoms with Crippen LogP contribution >= 0.6 is 11.8 Å².